The smallest absolute Gasteiger partial charge is 0.208 e. The molecule has 1 aliphatic rings. The molecule has 0 amide bonds. The molecule has 2 heteroatoms. The molecule has 0 fully saturated rings. The second-order valence-electron chi connectivity index (χ2n) is 2.90. The van der Waals surface area contributed by atoms with Gasteiger partial charge in [0, 0.05) is 19.8 Å². The van der Waals surface area contributed by atoms with Gasteiger partial charge in [0.15, 0.2) is 0 Å². The first-order chi connectivity index (χ1) is 4.64. The molecule has 0 aromatic rings. The highest BCUT2D eigenvalue weighted by Gasteiger charge is 2.27. The summed E-state index contributed by atoms with van der Waals surface area (Å²) in [5.74, 6) is 0.0114. The second kappa shape index (κ2) is 2.62. The van der Waals surface area contributed by atoms with Crippen molar-refractivity contribution in [3.8, 4) is 0 Å². The summed E-state index contributed by atoms with van der Waals surface area (Å²) in [5, 5.41) is 9.32. The molecule has 0 radical (unpaired) electrons. The zero-order valence-corrected chi connectivity index (χ0v) is 6.55. The van der Waals surface area contributed by atoms with Gasteiger partial charge in [-0.15, -0.1) is 0 Å². The molecule has 1 N–H and O–H groups in total. The highest BCUT2D eigenvalue weighted by molar-refractivity contribution is 5.02. The van der Waals surface area contributed by atoms with E-state index in [9.17, 15) is 5.11 Å². The highest BCUT2D eigenvalue weighted by Crippen LogP contribution is 2.27. The van der Waals surface area contributed by atoms with Crippen LogP contribution in [0.4, 0.5) is 0 Å². The van der Waals surface area contributed by atoms with E-state index >= 15 is 0 Å². The van der Waals surface area contributed by atoms with Crippen molar-refractivity contribution < 1.29 is 9.84 Å². The zero-order valence-electron chi connectivity index (χ0n) is 6.55. The number of hydrogen-bond donors (Lipinski definition) is 1. The van der Waals surface area contributed by atoms with Crippen LogP contribution in [0.2, 0.25) is 0 Å². The molecule has 10 heavy (non-hydrogen) atoms. The van der Waals surface area contributed by atoms with Gasteiger partial charge in [-0.1, -0.05) is 6.92 Å². The lowest BCUT2D eigenvalue weighted by Gasteiger charge is -2.17. The monoisotopic (exact) mass is 142 g/mol. The molecule has 58 valence electrons. The van der Waals surface area contributed by atoms with Gasteiger partial charge in [0.25, 0.3) is 0 Å². The summed E-state index contributed by atoms with van der Waals surface area (Å²) < 4.78 is 5.21. The number of aliphatic hydroxyl groups is 1. The molecule has 1 atom stereocenters. The van der Waals surface area contributed by atoms with Crippen molar-refractivity contribution in [3.05, 3.63) is 11.8 Å². The first kappa shape index (κ1) is 7.61. The van der Waals surface area contributed by atoms with Gasteiger partial charge in [0.1, 0.15) is 0 Å². The Morgan fingerprint density at radius 2 is 2.50 bits per heavy atom. The van der Waals surface area contributed by atoms with Crippen molar-refractivity contribution in [2.45, 2.75) is 38.9 Å². The molecule has 1 heterocycles. The Hall–Kier alpha value is -0.500. The third-order valence-electron chi connectivity index (χ3n) is 1.56. The zero-order chi connectivity index (χ0) is 7.61. The highest BCUT2D eigenvalue weighted by atomic mass is 16.6. The minimum atomic E-state index is -0.926. The summed E-state index contributed by atoms with van der Waals surface area (Å²) in [5.41, 5.74) is 0. The van der Waals surface area contributed by atoms with Crippen molar-refractivity contribution >= 4 is 0 Å². The Labute approximate surface area is 61.5 Å². The minimum absolute atomic E-state index is 0.627. The maximum Gasteiger partial charge on any atom is 0.208 e. The van der Waals surface area contributed by atoms with E-state index in [0.29, 0.717) is 6.42 Å². The standard InChI is InChI=1S/C8H14O2/c1-3-4-7-5-6-8(2,9)10-7/h5,9H,3-4,6H2,1-2H3. The molecule has 1 rings (SSSR count). The fraction of sp³-hybridized carbons (Fsp3) is 0.750. The molecule has 1 unspecified atom stereocenters. The fourth-order valence-electron chi connectivity index (χ4n) is 1.07. The lowest BCUT2D eigenvalue weighted by Crippen LogP contribution is -2.22. The number of rotatable bonds is 2. The van der Waals surface area contributed by atoms with Crippen molar-refractivity contribution in [1.29, 1.82) is 0 Å². The molecule has 0 aromatic heterocycles. The van der Waals surface area contributed by atoms with Gasteiger partial charge >= 0.3 is 0 Å². The molecular weight excluding hydrogens is 128 g/mol. The average molecular weight is 142 g/mol. The van der Waals surface area contributed by atoms with Crippen molar-refractivity contribution in [1.82, 2.24) is 0 Å². The van der Waals surface area contributed by atoms with Crippen LogP contribution < -0.4 is 0 Å². The lowest BCUT2D eigenvalue weighted by atomic mass is 10.2. The largest absolute Gasteiger partial charge is 0.467 e. The van der Waals surface area contributed by atoms with Crippen LogP contribution in [0.1, 0.15) is 33.1 Å². The Balaban J connectivity index is 2.39. The van der Waals surface area contributed by atoms with Crippen LogP contribution in [0.3, 0.4) is 0 Å². The van der Waals surface area contributed by atoms with Gasteiger partial charge in [0.05, 0.1) is 5.76 Å². The van der Waals surface area contributed by atoms with E-state index in [1.165, 1.54) is 0 Å². The Bertz CT molecular complexity index is 147. The summed E-state index contributed by atoms with van der Waals surface area (Å²) in [7, 11) is 0. The van der Waals surface area contributed by atoms with Crippen molar-refractivity contribution in [3.63, 3.8) is 0 Å². The van der Waals surface area contributed by atoms with E-state index < -0.39 is 5.79 Å². The molecule has 0 saturated heterocycles. The summed E-state index contributed by atoms with van der Waals surface area (Å²) in [4.78, 5) is 0. The third kappa shape index (κ3) is 1.74. The number of hydrogen-bond acceptors (Lipinski definition) is 2. The minimum Gasteiger partial charge on any atom is -0.467 e. The Kier molecular flexibility index (Phi) is 2.00. The molecule has 0 spiro atoms. The van der Waals surface area contributed by atoms with Crippen LogP contribution in [0.25, 0.3) is 0 Å². The SMILES string of the molecule is CCCC1=CCC(C)(O)O1. The summed E-state index contributed by atoms with van der Waals surface area (Å²) >= 11 is 0. The van der Waals surface area contributed by atoms with Crippen LogP contribution in [-0.2, 0) is 4.74 Å². The Morgan fingerprint density at radius 1 is 1.80 bits per heavy atom. The first-order valence-electron chi connectivity index (χ1n) is 3.74. The molecule has 0 aromatic carbocycles. The summed E-state index contributed by atoms with van der Waals surface area (Å²) in [6.45, 7) is 3.78. The van der Waals surface area contributed by atoms with Crippen LogP contribution in [0.5, 0.6) is 0 Å². The predicted octanol–water partition coefficient (Wildman–Crippen LogP) is 1.80. The number of allylic oxidation sites excluding steroid dienone is 1. The van der Waals surface area contributed by atoms with Crippen LogP contribution in [0, 0.1) is 0 Å². The van der Waals surface area contributed by atoms with E-state index in [-0.39, 0.29) is 0 Å². The summed E-state index contributed by atoms with van der Waals surface area (Å²) in [6.07, 6.45) is 4.60. The predicted molar refractivity (Wildman–Crippen MR) is 39.3 cm³/mol. The van der Waals surface area contributed by atoms with Gasteiger partial charge in [-0.25, -0.2) is 0 Å². The van der Waals surface area contributed by atoms with E-state index in [2.05, 4.69) is 6.92 Å². The molecule has 0 bridgehead atoms. The molecular formula is C8H14O2. The maximum absolute atomic E-state index is 9.32. The quantitative estimate of drug-likeness (QED) is 0.637. The first-order valence-corrected chi connectivity index (χ1v) is 3.74. The van der Waals surface area contributed by atoms with Gasteiger partial charge in [0.2, 0.25) is 5.79 Å². The molecule has 1 aliphatic heterocycles. The second-order valence-corrected chi connectivity index (χ2v) is 2.90. The third-order valence-corrected chi connectivity index (χ3v) is 1.56. The topological polar surface area (TPSA) is 29.5 Å². The molecule has 2 nitrogen and oxygen atoms in total. The van der Waals surface area contributed by atoms with Gasteiger partial charge in [-0.05, 0) is 12.5 Å². The van der Waals surface area contributed by atoms with E-state index in [4.69, 9.17) is 4.74 Å². The van der Waals surface area contributed by atoms with E-state index in [1.807, 2.05) is 6.08 Å². The van der Waals surface area contributed by atoms with Crippen LogP contribution in [0.15, 0.2) is 11.8 Å². The van der Waals surface area contributed by atoms with Gasteiger partial charge in [-0.3, -0.25) is 0 Å². The summed E-state index contributed by atoms with van der Waals surface area (Å²) in [6, 6.07) is 0. The van der Waals surface area contributed by atoms with Crippen molar-refractivity contribution in [2.24, 2.45) is 0 Å². The lowest BCUT2D eigenvalue weighted by molar-refractivity contribution is -0.145. The van der Waals surface area contributed by atoms with Crippen molar-refractivity contribution in [2.75, 3.05) is 0 Å². The molecule has 0 aliphatic carbocycles. The van der Waals surface area contributed by atoms with E-state index in [1.54, 1.807) is 6.92 Å². The maximum atomic E-state index is 9.32. The molecule has 0 saturated carbocycles. The van der Waals surface area contributed by atoms with Gasteiger partial charge in [-0.2, -0.15) is 0 Å². The van der Waals surface area contributed by atoms with Gasteiger partial charge < -0.3 is 9.84 Å². The Morgan fingerprint density at radius 3 is 2.90 bits per heavy atom. The van der Waals surface area contributed by atoms with E-state index in [0.717, 1.165) is 18.6 Å². The number of ether oxygens (including phenoxy) is 1. The van der Waals surface area contributed by atoms with Crippen LogP contribution >= 0.6 is 0 Å². The average Bonchev–Trinajstić information content (AvgIpc) is 2.12. The fourth-order valence-corrected chi connectivity index (χ4v) is 1.07. The van der Waals surface area contributed by atoms with Crippen LogP contribution in [-0.4, -0.2) is 10.9 Å². The normalized spacial score (nSPS) is 31.7.